The second kappa shape index (κ2) is 7.51. The van der Waals surface area contributed by atoms with Crippen LogP contribution in [0.15, 0.2) is 0 Å². The normalized spacial score (nSPS) is 35.0. The van der Waals surface area contributed by atoms with Crippen molar-refractivity contribution < 1.29 is 0 Å². The van der Waals surface area contributed by atoms with Gasteiger partial charge in [-0.15, -0.1) is 0 Å². The molecule has 0 nitrogen and oxygen atoms in total. The molecule has 2 aliphatic carbocycles. The summed E-state index contributed by atoms with van der Waals surface area (Å²) >= 11 is 0. The van der Waals surface area contributed by atoms with Gasteiger partial charge >= 0.3 is 0 Å². The van der Waals surface area contributed by atoms with Crippen LogP contribution in [0.4, 0.5) is 0 Å². The van der Waals surface area contributed by atoms with Crippen LogP contribution in [0.25, 0.3) is 0 Å². The molecule has 2 aliphatic rings. The van der Waals surface area contributed by atoms with Gasteiger partial charge in [0.15, 0.2) is 0 Å². The Hall–Kier alpha value is 0. The summed E-state index contributed by atoms with van der Waals surface area (Å²) in [6.45, 7) is 14.9. The van der Waals surface area contributed by atoms with E-state index in [1.807, 2.05) is 0 Å². The standard InChI is InChI=1S/C20H38.CH4/c1-14(2)13-19(20(4,5)6)18-12-8-10-16-15(3)9-7-11-17(16)18;/h14-19H,7-13H2,1-6H3;1H4. The van der Waals surface area contributed by atoms with Gasteiger partial charge in [-0.3, -0.25) is 0 Å². The summed E-state index contributed by atoms with van der Waals surface area (Å²) < 4.78 is 0. The van der Waals surface area contributed by atoms with Crippen LogP contribution in [-0.2, 0) is 0 Å². The molecule has 0 N–H and O–H groups in total. The number of fused-ring (bicyclic) bond motifs is 1. The molecule has 2 fully saturated rings. The van der Waals surface area contributed by atoms with Crippen LogP contribution in [0.3, 0.4) is 0 Å². The topological polar surface area (TPSA) is 0 Å². The molecule has 2 rings (SSSR count). The molecule has 0 aromatic rings. The maximum Gasteiger partial charge on any atom is -0.0332 e. The van der Waals surface area contributed by atoms with Gasteiger partial charge in [-0.1, -0.05) is 68.2 Å². The summed E-state index contributed by atoms with van der Waals surface area (Å²) in [5.74, 6) is 5.89. The third kappa shape index (κ3) is 4.49. The lowest BCUT2D eigenvalue weighted by molar-refractivity contribution is -0.00963. The van der Waals surface area contributed by atoms with E-state index in [0.717, 1.165) is 35.5 Å². The Morgan fingerprint density at radius 2 is 1.48 bits per heavy atom. The van der Waals surface area contributed by atoms with Crippen molar-refractivity contribution in [2.45, 2.75) is 93.9 Å². The first-order valence-electron chi connectivity index (χ1n) is 9.30. The Morgan fingerprint density at radius 3 is 2.05 bits per heavy atom. The van der Waals surface area contributed by atoms with Gasteiger partial charge in [0.1, 0.15) is 0 Å². The van der Waals surface area contributed by atoms with Crippen LogP contribution in [0.2, 0.25) is 0 Å². The molecule has 0 aromatic heterocycles. The highest BCUT2D eigenvalue weighted by atomic mass is 14.5. The van der Waals surface area contributed by atoms with Gasteiger partial charge in [0.25, 0.3) is 0 Å². The number of rotatable bonds is 3. The third-order valence-electron chi connectivity index (χ3n) is 6.46. The monoisotopic (exact) mass is 294 g/mol. The van der Waals surface area contributed by atoms with Gasteiger partial charge in [0.05, 0.1) is 0 Å². The first-order valence-corrected chi connectivity index (χ1v) is 9.30. The number of hydrogen-bond acceptors (Lipinski definition) is 0. The van der Waals surface area contributed by atoms with E-state index in [1.165, 1.54) is 44.9 Å². The van der Waals surface area contributed by atoms with E-state index in [2.05, 4.69) is 41.5 Å². The molecule has 0 aromatic carbocycles. The zero-order valence-electron chi connectivity index (χ0n) is 14.9. The lowest BCUT2D eigenvalue weighted by Gasteiger charge is -2.50. The highest BCUT2D eigenvalue weighted by molar-refractivity contribution is 4.93. The lowest BCUT2D eigenvalue weighted by atomic mass is 9.55. The quantitative estimate of drug-likeness (QED) is 0.517. The smallest absolute Gasteiger partial charge is 0.0332 e. The lowest BCUT2D eigenvalue weighted by Crippen LogP contribution is -2.42. The zero-order valence-corrected chi connectivity index (χ0v) is 14.9. The molecule has 0 heteroatoms. The maximum absolute atomic E-state index is 2.54. The fraction of sp³-hybridized carbons (Fsp3) is 1.00. The first kappa shape index (κ1) is 19.0. The zero-order chi connectivity index (χ0) is 14.9. The van der Waals surface area contributed by atoms with E-state index < -0.39 is 0 Å². The van der Waals surface area contributed by atoms with E-state index in [4.69, 9.17) is 0 Å². The minimum absolute atomic E-state index is 0. The average molecular weight is 295 g/mol. The summed E-state index contributed by atoms with van der Waals surface area (Å²) in [5, 5.41) is 0. The Kier molecular flexibility index (Phi) is 6.81. The summed E-state index contributed by atoms with van der Waals surface area (Å²) in [6.07, 6.45) is 10.5. The maximum atomic E-state index is 2.54. The van der Waals surface area contributed by atoms with Gasteiger partial charge in [-0.2, -0.15) is 0 Å². The second-order valence-corrected chi connectivity index (χ2v) is 9.43. The molecule has 0 bridgehead atoms. The van der Waals surface area contributed by atoms with Crippen molar-refractivity contribution in [2.24, 2.45) is 40.9 Å². The van der Waals surface area contributed by atoms with E-state index >= 15 is 0 Å². The molecule has 5 atom stereocenters. The van der Waals surface area contributed by atoms with Crippen molar-refractivity contribution in [1.29, 1.82) is 0 Å². The molecular weight excluding hydrogens is 252 g/mol. The molecule has 0 spiro atoms. The molecule has 21 heavy (non-hydrogen) atoms. The van der Waals surface area contributed by atoms with Crippen molar-refractivity contribution in [2.75, 3.05) is 0 Å². The van der Waals surface area contributed by atoms with Gasteiger partial charge in [-0.05, 0) is 66.6 Å². The van der Waals surface area contributed by atoms with Crippen molar-refractivity contribution in [1.82, 2.24) is 0 Å². The molecule has 2 saturated carbocycles. The van der Waals surface area contributed by atoms with Crippen LogP contribution in [-0.4, -0.2) is 0 Å². The van der Waals surface area contributed by atoms with Crippen LogP contribution in [0.5, 0.6) is 0 Å². The van der Waals surface area contributed by atoms with Crippen LogP contribution in [0.1, 0.15) is 93.9 Å². The number of hydrogen-bond donors (Lipinski definition) is 0. The molecule has 0 radical (unpaired) electrons. The Bertz CT molecular complexity index is 296. The van der Waals surface area contributed by atoms with Crippen LogP contribution < -0.4 is 0 Å². The van der Waals surface area contributed by atoms with E-state index in [0.29, 0.717) is 5.41 Å². The van der Waals surface area contributed by atoms with Crippen molar-refractivity contribution >= 4 is 0 Å². The van der Waals surface area contributed by atoms with E-state index in [1.54, 1.807) is 0 Å². The molecule has 0 heterocycles. The van der Waals surface area contributed by atoms with Crippen molar-refractivity contribution in [3.63, 3.8) is 0 Å². The SMILES string of the molecule is C.CC(C)CC(C1CCCC2C(C)CCCC21)C(C)(C)C. The summed E-state index contributed by atoms with van der Waals surface area (Å²) in [7, 11) is 0. The molecule has 0 saturated heterocycles. The van der Waals surface area contributed by atoms with E-state index in [-0.39, 0.29) is 7.43 Å². The largest absolute Gasteiger partial charge is 0.0776 e. The van der Waals surface area contributed by atoms with E-state index in [9.17, 15) is 0 Å². The summed E-state index contributed by atoms with van der Waals surface area (Å²) in [5.41, 5.74) is 0.484. The highest BCUT2D eigenvalue weighted by Crippen LogP contribution is 2.53. The van der Waals surface area contributed by atoms with Gasteiger partial charge < -0.3 is 0 Å². The fourth-order valence-corrected chi connectivity index (χ4v) is 5.54. The summed E-state index contributed by atoms with van der Waals surface area (Å²) in [4.78, 5) is 0. The molecule has 5 unspecified atom stereocenters. The minimum atomic E-state index is 0. The predicted molar refractivity (Wildman–Crippen MR) is 96.5 cm³/mol. The predicted octanol–water partition coefficient (Wildman–Crippen LogP) is 7.18. The Labute approximate surface area is 135 Å². The fourth-order valence-electron chi connectivity index (χ4n) is 5.54. The molecule has 126 valence electrons. The second-order valence-electron chi connectivity index (χ2n) is 9.43. The van der Waals surface area contributed by atoms with Crippen LogP contribution in [0, 0.1) is 40.9 Å². The van der Waals surface area contributed by atoms with Gasteiger partial charge in [-0.25, -0.2) is 0 Å². The molecule has 0 amide bonds. The molecule has 0 aliphatic heterocycles. The average Bonchev–Trinajstić information content (AvgIpc) is 2.35. The van der Waals surface area contributed by atoms with Gasteiger partial charge in [0.2, 0.25) is 0 Å². The Morgan fingerprint density at radius 1 is 0.905 bits per heavy atom. The summed E-state index contributed by atoms with van der Waals surface area (Å²) in [6, 6.07) is 0. The van der Waals surface area contributed by atoms with Crippen molar-refractivity contribution in [3.05, 3.63) is 0 Å². The minimum Gasteiger partial charge on any atom is -0.0776 e. The highest BCUT2D eigenvalue weighted by Gasteiger charge is 2.44. The Balaban J connectivity index is 0.00000220. The van der Waals surface area contributed by atoms with Crippen LogP contribution >= 0.6 is 0 Å². The van der Waals surface area contributed by atoms with Gasteiger partial charge in [0, 0.05) is 0 Å². The molecular formula is C21H42. The van der Waals surface area contributed by atoms with Crippen molar-refractivity contribution in [3.8, 4) is 0 Å². The third-order valence-corrected chi connectivity index (χ3v) is 6.46. The first-order chi connectivity index (χ1) is 9.30.